The molecule has 0 aliphatic carbocycles. The molecule has 0 saturated carbocycles. The van der Waals surface area contributed by atoms with E-state index in [1.54, 1.807) is 14.2 Å². The fourth-order valence-corrected chi connectivity index (χ4v) is 3.63. The van der Waals surface area contributed by atoms with E-state index in [0.29, 0.717) is 19.1 Å². The van der Waals surface area contributed by atoms with Crippen molar-refractivity contribution in [1.29, 1.82) is 0 Å². The number of nitrogens with zero attached hydrogens (tertiary/aromatic N) is 2. The van der Waals surface area contributed by atoms with E-state index < -0.39 is 0 Å². The first-order chi connectivity index (χ1) is 14.2. The Morgan fingerprint density at radius 1 is 1.17 bits per heavy atom. The first-order valence-electron chi connectivity index (χ1n) is 10.3. The van der Waals surface area contributed by atoms with Gasteiger partial charge >= 0.3 is 0 Å². The van der Waals surface area contributed by atoms with Crippen molar-refractivity contribution in [2.45, 2.75) is 19.9 Å². The van der Waals surface area contributed by atoms with Crippen LogP contribution in [0.5, 0.6) is 11.5 Å². The third-order valence-electron chi connectivity index (χ3n) is 5.20. The van der Waals surface area contributed by atoms with Crippen molar-refractivity contribution in [2.24, 2.45) is 10.9 Å². The van der Waals surface area contributed by atoms with Crippen LogP contribution in [-0.4, -0.2) is 46.4 Å². The molecule has 1 aliphatic rings. The molecule has 1 fully saturated rings. The van der Waals surface area contributed by atoms with Crippen LogP contribution in [0, 0.1) is 5.92 Å². The lowest BCUT2D eigenvalue weighted by Crippen LogP contribution is -2.40. The van der Waals surface area contributed by atoms with Gasteiger partial charge < -0.3 is 25.0 Å². The van der Waals surface area contributed by atoms with Crippen molar-refractivity contribution >= 4 is 11.6 Å². The molecule has 2 aromatic carbocycles. The van der Waals surface area contributed by atoms with Gasteiger partial charge in [-0.1, -0.05) is 24.3 Å². The minimum atomic E-state index is 0.579. The van der Waals surface area contributed by atoms with Crippen LogP contribution >= 0.6 is 0 Å². The van der Waals surface area contributed by atoms with E-state index in [1.165, 1.54) is 5.69 Å². The molecule has 0 bridgehead atoms. The molecule has 3 rings (SSSR count). The van der Waals surface area contributed by atoms with E-state index in [-0.39, 0.29) is 0 Å². The summed E-state index contributed by atoms with van der Waals surface area (Å²) in [4.78, 5) is 6.78. The molecule has 0 amide bonds. The van der Waals surface area contributed by atoms with Crippen LogP contribution in [-0.2, 0) is 6.54 Å². The number of benzene rings is 2. The maximum Gasteiger partial charge on any atom is 0.191 e. The Balaban J connectivity index is 1.48. The smallest absolute Gasteiger partial charge is 0.191 e. The molecule has 6 heteroatoms. The van der Waals surface area contributed by atoms with E-state index >= 15 is 0 Å². The van der Waals surface area contributed by atoms with E-state index in [9.17, 15) is 0 Å². The van der Waals surface area contributed by atoms with Gasteiger partial charge in [-0.15, -0.1) is 0 Å². The van der Waals surface area contributed by atoms with Crippen LogP contribution in [0.4, 0.5) is 5.69 Å². The number of guanidine groups is 1. The average molecular weight is 397 g/mol. The highest BCUT2D eigenvalue weighted by atomic mass is 16.5. The third kappa shape index (κ3) is 5.79. The molecule has 1 atom stereocenters. The molecule has 0 spiro atoms. The topological polar surface area (TPSA) is 58.1 Å². The number of ether oxygens (including phenoxy) is 2. The average Bonchev–Trinajstić information content (AvgIpc) is 3.24. The van der Waals surface area contributed by atoms with Crippen LogP contribution in [0.25, 0.3) is 0 Å². The van der Waals surface area contributed by atoms with E-state index in [0.717, 1.165) is 49.1 Å². The molecule has 156 valence electrons. The number of hydrogen-bond acceptors (Lipinski definition) is 4. The van der Waals surface area contributed by atoms with Crippen LogP contribution in [0.2, 0.25) is 0 Å². The number of para-hydroxylation sites is 1. The molecule has 1 unspecified atom stereocenters. The van der Waals surface area contributed by atoms with Crippen LogP contribution < -0.4 is 25.0 Å². The van der Waals surface area contributed by atoms with Gasteiger partial charge in [-0.3, -0.25) is 4.99 Å². The Hall–Kier alpha value is -2.89. The first-order valence-corrected chi connectivity index (χ1v) is 10.3. The molecular weight excluding hydrogens is 364 g/mol. The number of hydrogen-bond donors (Lipinski definition) is 2. The minimum absolute atomic E-state index is 0.579. The summed E-state index contributed by atoms with van der Waals surface area (Å²) in [6.07, 6.45) is 1.16. The number of nitrogens with one attached hydrogen (secondary N) is 2. The van der Waals surface area contributed by atoms with Gasteiger partial charge in [0.15, 0.2) is 5.96 Å². The molecular formula is C23H32N4O2. The summed E-state index contributed by atoms with van der Waals surface area (Å²) < 4.78 is 11.0. The SMILES string of the molecule is CCOc1ccccc1CNC(=NC)NCC1CCN(c2cccc(OC)c2)C1. The van der Waals surface area contributed by atoms with Gasteiger partial charge in [0.25, 0.3) is 0 Å². The molecule has 1 heterocycles. The van der Waals surface area contributed by atoms with Crippen molar-refractivity contribution in [3.63, 3.8) is 0 Å². The van der Waals surface area contributed by atoms with Gasteiger partial charge in [-0.25, -0.2) is 0 Å². The lowest BCUT2D eigenvalue weighted by molar-refractivity contribution is 0.336. The summed E-state index contributed by atoms with van der Waals surface area (Å²) in [6.45, 7) is 6.33. The fourth-order valence-electron chi connectivity index (χ4n) is 3.63. The van der Waals surface area contributed by atoms with Crippen molar-refractivity contribution in [2.75, 3.05) is 45.3 Å². The van der Waals surface area contributed by atoms with Crippen LogP contribution in [0.3, 0.4) is 0 Å². The lowest BCUT2D eigenvalue weighted by Gasteiger charge is -2.20. The monoisotopic (exact) mass is 396 g/mol. The zero-order chi connectivity index (χ0) is 20.5. The Labute approximate surface area is 173 Å². The van der Waals surface area contributed by atoms with Crippen molar-refractivity contribution in [1.82, 2.24) is 10.6 Å². The van der Waals surface area contributed by atoms with Crippen LogP contribution in [0.15, 0.2) is 53.5 Å². The summed E-state index contributed by atoms with van der Waals surface area (Å²) in [7, 11) is 3.52. The molecule has 0 radical (unpaired) electrons. The van der Waals surface area contributed by atoms with Crippen molar-refractivity contribution in [3.8, 4) is 11.5 Å². The number of methoxy groups -OCH3 is 1. The summed E-state index contributed by atoms with van der Waals surface area (Å²) in [5.41, 5.74) is 2.35. The summed E-state index contributed by atoms with van der Waals surface area (Å²) in [5, 5.41) is 6.87. The number of anilines is 1. The van der Waals surface area contributed by atoms with Gasteiger partial charge in [0, 0.05) is 50.5 Å². The predicted molar refractivity (Wildman–Crippen MR) is 119 cm³/mol. The second-order valence-corrected chi connectivity index (χ2v) is 7.15. The van der Waals surface area contributed by atoms with Gasteiger partial charge in [0.1, 0.15) is 11.5 Å². The molecule has 2 aromatic rings. The third-order valence-corrected chi connectivity index (χ3v) is 5.20. The molecule has 6 nitrogen and oxygen atoms in total. The van der Waals surface area contributed by atoms with E-state index in [1.807, 2.05) is 37.3 Å². The lowest BCUT2D eigenvalue weighted by atomic mass is 10.1. The Bertz CT molecular complexity index is 809. The zero-order valence-corrected chi connectivity index (χ0v) is 17.6. The van der Waals surface area contributed by atoms with Gasteiger partial charge in [0.2, 0.25) is 0 Å². The molecule has 2 N–H and O–H groups in total. The Kier molecular flexibility index (Phi) is 7.61. The van der Waals surface area contributed by atoms with Crippen molar-refractivity contribution < 1.29 is 9.47 Å². The zero-order valence-electron chi connectivity index (χ0n) is 17.6. The normalized spacial score (nSPS) is 16.6. The molecule has 0 aromatic heterocycles. The Morgan fingerprint density at radius 2 is 2.03 bits per heavy atom. The Morgan fingerprint density at radius 3 is 2.83 bits per heavy atom. The first kappa shape index (κ1) is 20.8. The number of rotatable bonds is 8. The maximum atomic E-state index is 5.70. The molecule has 29 heavy (non-hydrogen) atoms. The predicted octanol–water partition coefficient (Wildman–Crippen LogP) is 3.29. The largest absolute Gasteiger partial charge is 0.497 e. The maximum absolute atomic E-state index is 5.70. The highest BCUT2D eigenvalue weighted by Gasteiger charge is 2.23. The summed E-state index contributed by atoms with van der Waals surface area (Å²) >= 11 is 0. The van der Waals surface area contributed by atoms with Crippen LogP contribution in [0.1, 0.15) is 18.9 Å². The van der Waals surface area contributed by atoms with Gasteiger partial charge in [-0.2, -0.15) is 0 Å². The fraction of sp³-hybridized carbons (Fsp3) is 0.435. The second-order valence-electron chi connectivity index (χ2n) is 7.15. The van der Waals surface area contributed by atoms with Gasteiger partial charge in [-0.05, 0) is 37.5 Å². The van der Waals surface area contributed by atoms with E-state index in [2.05, 4.69) is 38.7 Å². The quantitative estimate of drug-likeness (QED) is 0.530. The second kappa shape index (κ2) is 10.6. The van der Waals surface area contributed by atoms with Crippen molar-refractivity contribution in [3.05, 3.63) is 54.1 Å². The summed E-state index contributed by atoms with van der Waals surface area (Å²) in [6, 6.07) is 16.4. The highest BCUT2D eigenvalue weighted by Crippen LogP contribution is 2.26. The molecule has 1 aliphatic heterocycles. The number of aliphatic imine (C=N–C) groups is 1. The standard InChI is InChI=1S/C23H32N4O2/c1-4-29-22-11-6-5-8-19(22)16-26-23(24-2)25-15-18-12-13-27(17-18)20-9-7-10-21(14-20)28-3/h5-11,14,18H,4,12-13,15-17H2,1-3H3,(H2,24,25,26). The summed E-state index contributed by atoms with van der Waals surface area (Å²) in [5.74, 6) is 3.22. The highest BCUT2D eigenvalue weighted by molar-refractivity contribution is 5.79. The minimum Gasteiger partial charge on any atom is -0.497 e. The van der Waals surface area contributed by atoms with Gasteiger partial charge in [0.05, 0.1) is 13.7 Å². The van der Waals surface area contributed by atoms with E-state index in [4.69, 9.17) is 9.47 Å². The molecule has 1 saturated heterocycles.